The molecule has 11 heteroatoms. The van der Waals surface area contributed by atoms with Gasteiger partial charge in [0, 0.05) is 18.7 Å². The van der Waals surface area contributed by atoms with E-state index < -0.39 is 36.6 Å². The number of aliphatic carboxylic acids is 1. The van der Waals surface area contributed by atoms with Crippen molar-refractivity contribution >= 4 is 25.2 Å². The van der Waals surface area contributed by atoms with Gasteiger partial charge >= 0.3 is 13.6 Å². The van der Waals surface area contributed by atoms with Crippen molar-refractivity contribution in [3.63, 3.8) is 0 Å². The predicted molar refractivity (Wildman–Crippen MR) is 119 cm³/mol. The summed E-state index contributed by atoms with van der Waals surface area (Å²) in [6.45, 7) is 0.121. The molecule has 0 aromatic heterocycles. The normalized spacial score (nSPS) is 17.5. The SMILES string of the molecule is O=C(O)[C@@H]1CCCN1C(=O)CP(=O)(OCCc1ccccc1)OCc1ccc([N+](=O)[O-])cc1. The maximum Gasteiger partial charge on any atom is 0.340 e. The summed E-state index contributed by atoms with van der Waals surface area (Å²) in [6, 6.07) is 14.0. The first-order chi connectivity index (χ1) is 15.8. The Kier molecular flexibility index (Phi) is 8.32. The standard InChI is InChI=1S/C22H25N2O8P/c25-21(23-13-4-7-20(23)22(26)27)16-33(30,31-14-12-17-5-2-1-3-6-17)32-15-18-8-10-19(11-9-18)24(28)29/h1-3,5-6,8-11,20H,4,7,12-16H2,(H,26,27)/t20-,33?/m0/s1. The maximum absolute atomic E-state index is 13.4. The zero-order valence-corrected chi connectivity index (χ0v) is 18.8. The van der Waals surface area contributed by atoms with Crippen molar-refractivity contribution in [3.8, 4) is 0 Å². The van der Waals surface area contributed by atoms with E-state index in [1.165, 1.54) is 29.2 Å². The van der Waals surface area contributed by atoms with E-state index in [9.17, 15) is 29.4 Å². The number of hydrogen-bond donors (Lipinski definition) is 1. The minimum Gasteiger partial charge on any atom is -0.480 e. The Bertz CT molecular complexity index is 1030. The highest BCUT2D eigenvalue weighted by atomic mass is 31.2. The van der Waals surface area contributed by atoms with Crippen molar-refractivity contribution < 1.29 is 33.2 Å². The second-order valence-electron chi connectivity index (χ2n) is 7.62. The fourth-order valence-electron chi connectivity index (χ4n) is 3.54. The van der Waals surface area contributed by atoms with E-state index in [-0.39, 0.29) is 25.4 Å². The molecule has 0 saturated carbocycles. The van der Waals surface area contributed by atoms with Crippen LogP contribution in [0.3, 0.4) is 0 Å². The fourth-order valence-corrected chi connectivity index (χ4v) is 5.03. The number of likely N-dealkylation sites (tertiary alicyclic amines) is 1. The molecule has 0 bridgehead atoms. The summed E-state index contributed by atoms with van der Waals surface area (Å²) >= 11 is 0. The molecule has 0 radical (unpaired) electrons. The lowest BCUT2D eigenvalue weighted by Crippen LogP contribution is -2.42. The first kappa shape index (κ1) is 24.6. The van der Waals surface area contributed by atoms with Gasteiger partial charge in [-0.25, -0.2) is 4.79 Å². The highest BCUT2D eigenvalue weighted by molar-refractivity contribution is 7.54. The van der Waals surface area contributed by atoms with Crippen LogP contribution in [0.5, 0.6) is 0 Å². The van der Waals surface area contributed by atoms with Gasteiger partial charge in [-0.05, 0) is 42.5 Å². The second kappa shape index (κ2) is 11.2. The van der Waals surface area contributed by atoms with Crippen LogP contribution in [-0.4, -0.2) is 52.2 Å². The van der Waals surface area contributed by atoms with Crippen LogP contribution < -0.4 is 0 Å². The summed E-state index contributed by atoms with van der Waals surface area (Å²) in [5, 5.41) is 20.2. The lowest BCUT2D eigenvalue weighted by molar-refractivity contribution is -0.384. The first-order valence-electron chi connectivity index (χ1n) is 10.4. The summed E-state index contributed by atoms with van der Waals surface area (Å²) in [5.74, 6) is -1.71. The van der Waals surface area contributed by atoms with Gasteiger partial charge < -0.3 is 19.1 Å². The van der Waals surface area contributed by atoms with Crippen LogP contribution in [0.15, 0.2) is 54.6 Å². The molecule has 2 aromatic rings. The Hall–Kier alpha value is -3.07. The summed E-state index contributed by atoms with van der Waals surface area (Å²) in [7, 11) is -3.94. The van der Waals surface area contributed by atoms with Gasteiger partial charge in [0.15, 0.2) is 0 Å². The first-order valence-corrected chi connectivity index (χ1v) is 12.2. The zero-order valence-electron chi connectivity index (χ0n) is 17.9. The molecule has 0 aliphatic carbocycles. The number of carboxylic acid groups (broad SMARTS) is 1. The topological polar surface area (TPSA) is 136 Å². The molecule has 176 valence electrons. The van der Waals surface area contributed by atoms with E-state index in [1.54, 1.807) is 0 Å². The number of carbonyl (C=O) groups is 2. The monoisotopic (exact) mass is 476 g/mol. The van der Waals surface area contributed by atoms with Crippen molar-refractivity contribution in [2.75, 3.05) is 19.3 Å². The van der Waals surface area contributed by atoms with Gasteiger partial charge in [-0.3, -0.25) is 19.5 Å². The van der Waals surface area contributed by atoms with Gasteiger partial charge in [-0.15, -0.1) is 0 Å². The van der Waals surface area contributed by atoms with Crippen molar-refractivity contribution in [3.05, 3.63) is 75.8 Å². The van der Waals surface area contributed by atoms with E-state index in [0.29, 0.717) is 24.8 Å². The van der Waals surface area contributed by atoms with Crippen LogP contribution in [0.4, 0.5) is 5.69 Å². The number of amides is 1. The van der Waals surface area contributed by atoms with Crippen LogP contribution in [0.1, 0.15) is 24.0 Å². The number of carboxylic acids is 1. The predicted octanol–water partition coefficient (Wildman–Crippen LogP) is 3.64. The Balaban J connectivity index is 1.68. The number of nitro groups is 1. The summed E-state index contributed by atoms with van der Waals surface area (Å²) in [5.41, 5.74) is 1.38. The number of benzene rings is 2. The van der Waals surface area contributed by atoms with Gasteiger partial charge in [0.2, 0.25) is 5.91 Å². The molecular formula is C22H25N2O8P. The van der Waals surface area contributed by atoms with Gasteiger partial charge in [0.1, 0.15) is 12.2 Å². The maximum atomic E-state index is 13.4. The number of non-ortho nitro benzene ring substituents is 1. The molecule has 1 N–H and O–H groups in total. The molecule has 0 spiro atoms. The number of nitro benzene ring substituents is 1. The quantitative estimate of drug-likeness (QED) is 0.295. The van der Waals surface area contributed by atoms with E-state index in [2.05, 4.69) is 0 Å². The third-order valence-electron chi connectivity index (χ3n) is 5.28. The molecule has 1 saturated heterocycles. The average molecular weight is 476 g/mol. The summed E-state index contributed by atoms with van der Waals surface area (Å²) < 4.78 is 24.6. The van der Waals surface area contributed by atoms with Crippen LogP contribution in [0.2, 0.25) is 0 Å². The van der Waals surface area contributed by atoms with Crippen molar-refractivity contribution in [1.82, 2.24) is 4.90 Å². The lowest BCUT2D eigenvalue weighted by atomic mass is 10.2. The van der Waals surface area contributed by atoms with E-state index in [1.807, 2.05) is 30.3 Å². The number of rotatable bonds is 11. The van der Waals surface area contributed by atoms with Gasteiger partial charge in [-0.2, -0.15) is 0 Å². The zero-order chi connectivity index (χ0) is 23.8. The smallest absolute Gasteiger partial charge is 0.340 e. The van der Waals surface area contributed by atoms with Crippen LogP contribution in [0.25, 0.3) is 0 Å². The third-order valence-corrected chi connectivity index (χ3v) is 7.04. The van der Waals surface area contributed by atoms with Crippen molar-refractivity contribution in [2.24, 2.45) is 0 Å². The molecule has 1 heterocycles. The fraction of sp³-hybridized carbons (Fsp3) is 0.364. The summed E-state index contributed by atoms with van der Waals surface area (Å²) in [6.07, 6.45) is 0.745. The minimum atomic E-state index is -3.94. The Morgan fingerprint density at radius 3 is 2.42 bits per heavy atom. The highest BCUT2D eigenvalue weighted by Crippen LogP contribution is 2.49. The number of nitrogens with zero attached hydrogens (tertiary/aromatic N) is 2. The van der Waals surface area contributed by atoms with E-state index in [4.69, 9.17) is 9.05 Å². The summed E-state index contributed by atoms with van der Waals surface area (Å²) in [4.78, 5) is 35.7. The van der Waals surface area contributed by atoms with Gasteiger partial charge in [0.05, 0.1) is 18.1 Å². The second-order valence-corrected chi connectivity index (χ2v) is 9.67. The Labute approximate surface area is 190 Å². The van der Waals surface area contributed by atoms with Crippen LogP contribution in [-0.2, 0) is 36.2 Å². The number of hydrogen-bond acceptors (Lipinski definition) is 7. The Morgan fingerprint density at radius 1 is 1.09 bits per heavy atom. The van der Waals surface area contributed by atoms with Crippen molar-refractivity contribution in [1.29, 1.82) is 0 Å². The molecule has 1 aliphatic rings. The third kappa shape index (κ3) is 6.95. The molecule has 1 fully saturated rings. The molecule has 2 atom stereocenters. The molecule has 1 aliphatic heterocycles. The van der Waals surface area contributed by atoms with Gasteiger partial charge in [-0.1, -0.05) is 30.3 Å². The average Bonchev–Trinajstić information content (AvgIpc) is 3.29. The number of carbonyl (C=O) groups excluding carboxylic acids is 1. The minimum absolute atomic E-state index is 0.0389. The highest BCUT2D eigenvalue weighted by Gasteiger charge is 2.38. The molecule has 2 aromatic carbocycles. The van der Waals surface area contributed by atoms with Crippen molar-refractivity contribution in [2.45, 2.75) is 31.9 Å². The van der Waals surface area contributed by atoms with Crippen LogP contribution >= 0.6 is 7.60 Å². The molecule has 33 heavy (non-hydrogen) atoms. The molecule has 3 rings (SSSR count). The molecule has 10 nitrogen and oxygen atoms in total. The molecule has 1 unspecified atom stereocenters. The van der Waals surface area contributed by atoms with E-state index in [0.717, 1.165) is 5.56 Å². The lowest BCUT2D eigenvalue weighted by Gasteiger charge is -2.24. The van der Waals surface area contributed by atoms with Gasteiger partial charge in [0.25, 0.3) is 5.69 Å². The Morgan fingerprint density at radius 2 is 1.79 bits per heavy atom. The van der Waals surface area contributed by atoms with E-state index >= 15 is 0 Å². The molecule has 1 amide bonds. The molecular weight excluding hydrogens is 451 g/mol. The van der Waals surface area contributed by atoms with Crippen LogP contribution in [0, 0.1) is 10.1 Å². The largest absolute Gasteiger partial charge is 0.480 e.